The topological polar surface area (TPSA) is 0 Å². The van der Waals surface area contributed by atoms with Crippen molar-refractivity contribution in [3.8, 4) is 0 Å². The number of fused-ring (bicyclic) bond motifs is 1. The molecule has 0 heteroatoms. The smallest absolute Gasteiger partial charge is 0.00137 e. The van der Waals surface area contributed by atoms with E-state index in [0.29, 0.717) is 0 Å². The monoisotopic (exact) mass is 274 g/mol. The second kappa shape index (κ2) is 5.52. The van der Waals surface area contributed by atoms with E-state index >= 15 is 0 Å². The molecule has 0 unspecified atom stereocenters. The molecule has 1 saturated carbocycles. The maximum atomic E-state index is 2.37. The molecule has 0 atom stereocenters. The zero-order valence-electron chi connectivity index (χ0n) is 12.5. The Balaban J connectivity index is 1.55. The van der Waals surface area contributed by atoms with Crippen molar-refractivity contribution in [2.24, 2.45) is 0 Å². The Labute approximate surface area is 127 Å². The molecule has 0 spiro atoms. The van der Waals surface area contributed by atoms with Crippen molar-refractivity contribution in [1.82, 2.24) is 0 Å². The lowest BCUT2D eigenvalue weighted by Crippen LogP contribution is -2.04. The Bertz CT molecular complexity index is 655. The van der Waals surface area contributed by atoms with Crippen LogP contribution in [-0.4, -0.2) is 0 Å². The summed E-state index contributed by atoms with van der Waals surface area (Å²) in [4.78, 5) is 0. The molecular formula is C21H22. The highest BCUT2D eigenvalue weighted by Crippen LogP contribution is 2.35. The van der Waals surface area contributed by atoms with Crippen molar-refractivity contribution >= 4 is 11.6 Å². The van der Waals surface area contributed by atoms with E-state index in [2.05, 4.69) is 54.6 Å². The summed E-state index contributed by atoms with van der Waals surface area (Å²) in [6, 6.07) is 18.1. The van der Waals surface area contributed by atoms with Crippen LogP contribution in [0.15, 0.2) is 48.5 Å². The van der Waals surface area contributed by atoms with Crippen molar-refractivity contribution in [1.29, 1.82) is 0 Å². The Hall–Kier alpha value is -1.82. The van der Waals surface area contributed by atoms with E-state index in [0.717, 1.165) is 12.3 Å². The molecule has 0 amide bonds. The van der Waals surface area contributed by atoms with E-state index in [9.17, 15) is 0 Å². The van der Waals surface area contributed by atoms with Gasteiger partial charge in [0.05, 0.1) is 0 Å². The van der Waals surface area contributed by atoms with E-state index in [1.165, 1.54) is 54.4 Å². The number of rotatable bonds is 2. The number of benzene rings is 2. The van der Waals surface area contributed by atoms with Gasteiger partial charge in [-0.1, -0.05) is 73.9 Å². The summed E-state index contributed by atoms with van der Waals surface area (Å²) >= 11 is 0. The fourth-order valence-electron chi connectivity index (χ4n) is 3.87. The fourth-order valence-corrected chi connectivity index (χ4v) is 3.87. The molecule has 2 aliphatic carbocycles. The quantitative estimate of drug-likeness (QED) is 0.646. The van der Waals surface area contributed by atoms with Crippen LogP contribution >= 0.6 is 0 Å². The van der Waals surface area contributed by atoms with E-state index < -0.39 is 0 Å². The molecule has 0 radical (unpaired) electrons. The molecule has 0 aliphatic heterocycles. The summed E-state index contributed by atoms with van der Waals surface area (Å²) in [5.41, 5.74) is 7.26. The van der Waals surface area contributed by atoms with Crippen LogP contribution < -0.4 is 0 Å². The number of hydrogen-bond acceptors (Lipinski definition) is 0. The summed E-state index contributed by atoms with van der Waals surface area (Å²) in [6.45, 7) is 0. The van der Waals surface area contributed by atoms with Gasteiger partial charge in [0.1, 0.15) is 0 Å². The minimum atomic E-state index is 0.808. The van der Waals surface area contributed by atoms with Crippen molar-refractivity contribution in [2.45, 2.75) is 44.4 Å². The molecule has 0 N–H and O–H groups in total. The highest BCUT2D eigenvalue weighted by molar-refractivity contribution is 5.88. The molecule has 1 fully saturated rings. The predicted octanol–water partition coefficient (Wildman–Crippen LogP) is 5.83. The van der Waals surface area contributed by atoms with Crippen LogP contribution in [0.25, 0.3) is 11.6 Å². The highest BCUT2D eigenvalue weighted by Gasteiger charge is 2.17. The zero-order chi connectivity index (χ0) is 14.1. The van der Waals surface area contributed by atoms with Gasteiger partial charge in [0, 0.05) is 0 Å². The highest BCUT2D eigenvalue weighted by atomic mass is 14.2. The van der Waals surface area contributed by atoms with Gasteiger partial charge in [-0.15, -0.1) is 0 Å². The second-order valence-electron chi connectivity index (χ2n) is 6.50. The van der Waals surface area contributed by atoms with Crippen LogP contribution in [0.2, 0.25) is 0 Å². The van der Waals surface area contributed by atoms with Crippen LogP contribution in [0.5, 0.6) is 0 Å². The molecule has 2 aromatic rings. The third-order valence-electron chi connectivity index (χ3n) is 5.12. The third-order valence-corrected chi connectivity index (χ3v) is 5.12. The Kier molecular flexibility index (Phi) is 3.39. The lowest BCUT2D eigenvalue weighted by atomic mass is 9.83. The minimum Gasteiger partial charge on any atom is -0.0619 e. The first-order valence-electron chi connectivity index (χ1n) is 8.29. The van der Waals surface area contributed by atoms with Gasteiger partial charge in [0.25, 0.3) is 0 Å². The first-order chi connectivity index (χ1) is 10.4. The summed E-state index contributed by atoms with van der Waals surface area (Å²) in [7, 11) is 0. The molecule has 0 heterocycles. The standard InChI is InChI=1S/C21H22/c1-2-6-16(7-3-1)17-10-12-18(13-11-17)21-14-19-8-4-5-9-20(19)15-21/h4-5,8-14,16H,1-3,6-7,15H2. The molecule has 0 aromatic heterocycles. The number of allylic oxidation sites excluding steroid dienone is 1. The first-order valence-corrected chi connectivity index (χ1v) is 8.29. The van der Waals surface area contributed by atoms with Gasteiger partial charge in [-0.3, -0.25) is 0 Å². The van der Waals surface area contributed by atoms with E-state index in [4.69, 9.17) is 0 Å². The van der Waals surface area contributed by atoms with Gasteiger partial charge in [0.15, 0.2) is 0 Å². The lowest BCUT2D eigenvalue weighted by molar-refractivity contribution is 0.443. The summed E-state index contributed by atoms with van der Waals surface area (Å²) < 4.78 is 0. The fraction of sp³-hybridized carbons (Fsp3) is 0.333. The first kappa shape index (κ1) is 12.9. The number of hydrogen-bond donors (Lipinski definition) is 0. The van der Waals surface area contributed by atoms with Crippen LogP contribution in [-0.2, 0) is 6.42 Å². The van der Waals surface area contributed by atoms with Gasteiger partial charge in [-0.05, 0) is 53.0 Å². The molecular weight excluding hydrogens is 252 g/mol. The van der Waals surface area contributed by atoms with Crippen molar-refractivity contribution in [3.63, 3.8) is 0 Å². The van der Waals surface area contributed by atoms with Crippen LogP contribution in [0.3, 0.4) is 0 Å². The molecule has 4 rings (SSSR count). The molecule has 21 heavy (non-hydrogen) atoms. The Morgan fingerprint density at radius 2 is 1.52 bits per heavy atom. The molecule has 0 bridgehead atoms. The summed E-state index contributed by atoms with van der Waals surface area (Å²) in [6.07, 6.45) is 10.4. The second-order valence-corrected chi connectivity index (χ2v) is 6.50. The average Bonchev–Trinajstić information content (AvgIpc) is 3.00. The summed E-state index contributed by atoms with van der Waals surface area (Å²) in [5, 5.41) is 0. The SMILES string of the molecule is C1=C(c2ccc(C3CCCCC3)cc2)Cc2ccccc21. The van der Waals surface area contributed by atoms with Crippen molar-refractivity contribution in [2.75, 3.05) is 0 Å². The van der Waals surface area contributed by atoms with E-state index in [1.54, 1.807) is 5.56 Å². The average molecular weight is 274 g/mol. The third kappa shape index (κ3) is 2.55. The van der Waals surface area contributed by atoms with Crippen LogP contribution in [0.1, 0.15) is 60.3 Å². The van der Waals surface area contributed by atoms with Gasteiger partial charge < -0.3 is 0 Å². The van der Waals surface area contributed by atoms with Crippen LogP contribution in [0.4, 0.5) is 0 Å². The van der Waals surface area contributed by atoms with Crippen LogP contribution in [0, 0.1) is 0 Å². The van der Waals surface area contributed by atoms with Gasteiger partial charge >= 0.3 is 0 Å². The summed E-state index contributed by atoms with van der Waals surface area (Å²) in [5.74, 6) is 0.808. The maximum Gasteiger partial charge on any atom is -0.00137 e. The molecule has 2 aromatic carbocycles. The normalized spacial score (nSPS) is 18.4. The Morgan fingerprint density at radius 3 is 2.29 bits per heavy atom. The molecule has 2 aliphatic rings. The van der Waals surface area contributed by atoms with Gasteiger partial charge in [-0.2, -0.15) is 0 Å². The molecule has 0 saturated heterocycles. The maximum absolute atomic E-state index is 2.37. The lowest BCUT2D eigenvalue weighted by Gasteiger charge is -2.22. The van der Waals surface area contributed by atoms with Crippen molar-refractivity contribution < 1.29 is 0 Å². The Morgan fingerprint density at radius 1 is 0.762 bits per heavy atom. The molecule has 106 valence electrons. The van der Waals surface area contributed by atoms with Gasteiger partial charge in [-0.25, -0.2) is 0 Å². The minimum absolute atomic E-state index is 0.808. The largest absolute Gasteiger partial charge is 0.0619 e. The van der Waals surface area contributed by atoms with Gasteiger partial charge in [0.2, 0.25) is 0 Å². The predicted molar refractivity (Wildman–Crippen MR) is 90.3 cm³/mol. The van der Waals surface area contributed by atoms with E-state index in [1.807, 2.05) is 0 Å². The molecule has 0 nitrogen and oxygen atoms in total. The zero-order valence-corrected chi connectivity index (χ0v) is 12.5. The van der Waals surface area contributed by atoms with E-state index in [-0.39, 0.29) is 0 Å². The van der Waals surface area contributed by atoms with Crippen molar-refractivity contribution in [3.05, 3.63) is 70.8 Å².